The molecule has 2 N–H and O–H groups in total. The molecule has 0 bridgehead atoms. The normalized spacial score (nSPS) is 12.9. The maximum absolute atomic E-state index is 12.8. The number of ether oxygens (including phenoxy) is 1. The van der Waals surface area contributed by atoms with Crippen LogP contribution in [0.15, 0.2) is 42.5 Å². The summed E-state index contributed by atoms with van der Waals surface area (Å²) < 4.78 is 43.4. The topological polar surface area (TPSA) is 70.2 Å². The first-order valence-electron chi connectivity index (χ1n) is 8.88. The van der Waals surface area contributed by atoms with Crippen LogP contribution in [0.2, 0.25) is 0 Å². The van der Waals surface area contributed by atoms with Crippen molar-refractivity contribution in [1.29, 1.82) is 0 Å². The van der Waals surface area contributed by atoms with Crippen LogP contribution in [0.1, 0.15) is 24.4 Å². The number of benzene rings is 2. The molecule has 1 aromatic heterocycles. The largest absolute Gasteiger partial charge is 0.497 e. The molecule has 29 heavy (non-hydrogen) atoms. The van der Waals surface area contributed by atoms with Crippen molar-refractivity contribution in [1.82, 2.24) is 14.9 Å². The SMILES string of the molecule is COc1ccc(C(C)N(C)CC(=O)Nc2ccc3nc(C(F)(F)F)[nH]c3c2)cc1. The van der Waals surface area contributed by atoms with Gasteiger partial charge in [0.25, 0.3) is 0 Å². The molecule has 1 unspecified atom stereocenters. The molecule has 0 spiro atoms. The van der Waals surface area contributed by atoms with E-state index in [9.17, 15) is 18.0 Å². The Morgan fingerprint density at radius 2 is 1.93 bits per heavy atom. The molecule has 3 aromatic rings. The molecule has 0 aliphatic heterocycles. The van der Waals surface area contributed by atoms with E-state index >= 15 is 0 Å². The minimum atomic E-state index is -4.55. The van der Waals surface area contributed by atoms with Gasteiger partial charge in [0, 0.05) is 11.7 Å². The fourth-order valence-electron chi connectivity index (χ4n) is 2.92. The van der Waals surface area contributed by atoms with E-state index in [0.29, 0.717) is 5.69 Å². The quantitative estimate of drug-likeness (QED) is 0.643. The second kappa shape index (κ2) is 8.12. The number of halogens is 3. The number of methoxy groups -OCH3 is 1. The standard InChI is InChI=1S/C20H21F3N4O2/c1-12(13-4-7-15(29-3)8-5-13)27(2)11-18(28)24-14-6-9-16-17(10-14)26-19(25-16)20(21,22)23/h4-10,12H,11H2,1-3H3,(H,24,28)(H,25,26). The van der Waals surface area contributed by atoms with E-state index < -0.39 is 12.0 Å². The molecule has 1 heterocycles. The number of rotatable bonds is 6. The number of anilines is 1. The summed E-state index contributed by atoms with van der Waals surface area (Å²) in [6.45, 7) is 2.09. The number of likely N-dealkylation sites (N-methyl/N-ethyl adjacent to an activating group) is 1. The summed E-state index contributed by atoms with van der Waals surface area (Å²) >= 11 is 0. The molecule has 154 valence electrons. The summed E-state index contributed by atoms with van der Waals surface area (Å²) in [7, 11) is 3.42. The van der Waals surface area contributed by atoms with Crippen LogP contribution < -0.4 is 10.1 Å². The van der Waals surface area contributed by atoms with Crippen molar-refractivity contribution in [2.24, 2.45) is 0 Å². The highest BCUT2D eigenvalue weighted by Gasteiger charge is 2.34. The second-order valence-corrected chi connectivity index (χ2v) is 6.73. The van der Waals surface area contributed by atoms with Crippen LogP contribution in [0.25, 0.3) is 11.0 Å². The number of alkyl halides is 3. The van der Waals surface area contributed by atoms with Crippen LogP contribution in [0, 0.1) is 0 Å². The number of carbonyl (C=O) groups excluding carboxylic acids is 1. The Bertz CT molecular complexity index is 999. The van der Waals surface area contributed by atoms with Gasteiger partial charge in [0.15, 0.2) is 0 Å². The fraction of sp³-hybridized carbons (Fsp3) is 0.300. The van der Waals surface area contributed by atoms with Gasteiger partial charge in [-0.15, -0.1) is 0 Å². The lowest BCUT2D eigenvalue weighted by Crippen LogP contribution is -2.32. The first-order chi connectivity index (χ1) is 13.7. The highest BCUT2D eigenvalue weighted by molar-refractivity contribution is 5.94. The van der Waals surface area contributed by atoms with Crippen molar-refractivity contribution < 1.29 is 22.7 Å². The van der Waals surface area contributed by atoms with E-state index in [-0.39, 0.29) is 29.5 Å². The molecule has 0 fully saturated rings. The third-order valence-corrected chi connectivity index (χ3v) is 4.69. The number of imidazole rings is 1. The van der Waals surface area contributed by atoms with Crippen LogP contribution in [0.4, 0.5) is 18.9 Å². The van der Waals surface area contributed by atoms with E-state index in [4.69, 9.17) is 4.74 Å². The average Bonchev–Trinajstić information content (AvgIpc) is 3.11. The second-order valence-electron chi connectivity index (χ2n) is 6.73. The Kier molecular flexibility index (Phi) is 5.78. The van der Waals surface area contributed by atoms with E-state index in [1.54, 1.807) is 7.11 Å². The monoisotopic (exact) mass is 406 g/mol. The first kappa shape index (κ1) is 20.7. The number of hydrogen-bond acceptors (Lipinski definition) is 4. The van der Waals surface area contributed by atoms with E-state index in [1.807, 2.05) is 43.1 Å². The van der Waals surface area contributed by atoms with Crippen molar-refractivity contribution in [2.75, 3.05) is 26.0 Å². The highest BCUT2D eigenvalue weighted by Crippen LogP contribution is 2.29. The van der Waals surface area contributed by atoms with E-state index in [1.165, 1.54) is 18.2 Å². The molecule has 1 amide bonds. The number of nitrogens with one attached hydrogen (secondary N) is 2. The molecule has 2 aromatic carbocycles. The van der Waals surface area contributed by atoms with Crippen LogP contribution in [0.5, 0.6) is 5.75 Å². The van der Waals surface area contributed by atoms with Gasteiger partial charge in [0.2, 0.25) is 11.7 Å². The van der Waals surface area contributed by atoms with Crippen LogP contribution in [-0.4, -0.2) is 41.5 Å². The smallest absolute Gasteiger partial charge is 0.449 e. The van der Waals surface area contributed by atoms with Crippen LogP contribution in [0.3, 0.4) is 0 Å². The van der Waals surface area contributed by atoms with Crippen molar-refractivity contribution in [3.63, 3.8) is 0 Å². The highest BCUT2D eigenvalue weighted by atomic mass is 19.4. The Morgan fingerprint density at radius 1 is 1.24 bits per heavy atom. The van der Waals surface area contributed by atoms with Gasteiger partial charge in [-0.2, -0.15) is 13.2 Å². The lowest BCUT2D eigenvalue weighted by atomic mass is 10.1. The molecule has 0 saturated heterocycles. The lowest BCUT2D eigenvalue weighted by molar-refractivity contribution is -0.144. The predicted molar refractivity (Wildman–Crippen MR) is 104 cm³/mol. The minimum Gasteiger partial charge on any atom is -0.497 e. The zero-order chi connectivity index (χ0) is 21.2. The molecule has 0 saturated carbocycles. The van der Waals surface area contributed by atoms with Crippen LogP contribution in [-0.2, 0) is 11.0 Å². The van der Waals surface area contributed by atoms with Crippen LogP contribution >= 0.6 is 0 Å². The van der Waals surface area contributed by atoms with Crippen molar-refractivity contribution >= 4 is 22.6 Å². The van der Waals surface area contributed by atoms with Crippen molar-refractivity contribution in [3.05, 3.63) is 53.9 Å². The summed E-state index contributed by atoms with van der Waals surface area (Å²) in [6.07, 6.45) is -4.55. The summed E-state index contributed by atoms with van der Waals surface area (Å²) in [6, 6.07) is 11.9. The molecular weight excluding hydrogens is 385 g/mol. The van der Waals surface area contributed by atoms with Gasteiger partial charge in [-0.3, -0.25) is 9.69 Å². The maximum atomic E-state index is 12.8. The maximum Gasteiger partial charge on any atom is 0.449 e. The Hall–Kier alpha value is -3.07. The average molecular weight is 406 g/mol. The van der Waals surface area contributed by atoms with E-state index in [0.717, 1.165) is 11.3 Å². The third kappa shape index (κ3) is 4.86. The summed E-state index contributed by atoms with van der Waals surface area (Å²) in [5.74, 6) is -0.587. The number of aromatic amines is 1. The summed E-state index contributed by atoms with van der Waals surface area (Å²) in [5, 5.41) is 2.71. The molecule has 1 atom stereocenters. The zero-order valence-corrected chi connectivity index (χ0v) is 16.2. The van der Waals surface area contributed by atoms with Crippen molar-refractivity contribution in [2.45, 2.75) is 19.1 Å². The minimum absolute atomic E-state index is 0.0175. The Morgan fingerprint density at radius 3 is 2.55 bits per heavy atom. The van der Waals surface area contributed by atoms with E-state index in [2.05, 4.69) is 15.3 Å². The predicted octanol–water partition coefficient (Wildman–Crippen LogP) is 4.22. The Balaban J connectivity index is 1.64. The van der Waals surface area contributed by atoms with Gasteiger partial charge < -0.3 is 15.0 Å². The third-order valence-electron chi connectivity index (χ3n) is 4.69. The summed E-state index contributed by atoms with van der Waals surface area (Å²) in [4.78, 5) is 20.0. The van der Waals surface area contributed by atoms with Gasteiger partial charge in [-0.25, -0.2) is 4.98 Å². The molecular formula is C20H21F3N4O2. The number of H-pyrrole nitrogens is 1. The van der Waals surface area contributed by atoms with Gasteiger partial charge in [-0.1, -0.05) is 12.1 Å². The number of amides is 1. The zero-order valence-electron chi connectivity index (χ0n) is 16.2. The summed E-state index contributed by atoms with van der Waals surface area (Å²) in [5.41, 5.74) is 1.81. The molecule has 0 aliphatic carbocycles. The number of carbonyl (C=O) groups is 1. The van der Waals surface area contributed by atoms with Gasteiger partial charge in [0.1, 0.15) is 5.75 Å². The lowest BCUT2D eigenvalue weighted by Gasteiger charge is -2.24. The van der Waals surface area contributed by atoms with Gasteiger partial charge in [0.05, 0.1) is 24.7 Å². The molecule has 9 heteroatoms. The van der Waals surface area contributed by atoms with Gasteiger partial charge in [-0.05, 0) is 49.9 Å². The van der Waals surface area contributed by atoms with Crippen molar-refractivity contribution in [3.8, 4) is 5.75 Å². The number of nitrogens with zero attached hydrogens (tertiary/aromatic N) is 2. The number of fused-ring (bicyclic) bond motifs is 1. The molecule has 6 nitrogen and oxygen atoms in total. The first-order valence-corrected chi connectivity index (χ1v) is 8.88. The molecule has 0 radical (unpaired) electrons. The number of hydrogen-bond donors (Lipinski definition) is 2. The molecule has 3 rings (SSSR count). The molecule has 0 aliphatic rings. The number of aromatic nitrogens is 2. The van der Waals surface area contributed by atoms with Gasteiger partial charge >= 0.3 is 6.18 Å². The fourth-order valence-corrected chi connectivity index (χ4v) is 2.92. The Labute approximate surface area is 165 Å².